The van der Waals surface area contributed by atoms with Gasteiger partial charge < -0.3 is 4.90 Å². The maximum atomic E-state index is 12.2. The molecule has 104 valence electrons. The zero-order chi connectivity index (χ0) is 13.9. The van der Waals surface area contributed by atoms with Gasteiger partial charge in [0.1, 0.15) is 11.4 Å². The fourth-order valence-corrected chi connectivity index (χ4v) is 2.62. The van der Waals surface area contributed by atoms with E-state index in [1.165, 1.54) is 25.2 Å². The van der Waals surface area contributed by atoms with E-state index in [9.17, 15) is 9.59 Å². The molecule has 1 aliphatic heterocycles. The van der Waals surface area contributed by atoms with Crippen molar-refractivity contribution in [2.45, 2.75) is 19.3 Å². The molecule has 20 heavy (non-hydrogen) atoms. The number of carbonyl (C=O) groups excluding carboxylic acids is 2. The first kappa shape index (κ1) is 13.1. The van der Waals surface area contributed by atoms with Crippen molar-refractivity contribution in [1.29, 1.82) is 0 Å². The SMILES string of the molecule is O=C1CC(=NCCN2CCCC2)C(=O)c2nccnc21. The summed E-state index contributed by atoms with van der Waals surface area (Å²) in [6.07, 6.45) is 5.37. The molecule has 2 aliphatic rings. The molecule has 0 atom stereocenters. The molecule has 0 aromatic carbocycles. The lowest BCUT2D eigenvalue weighted by atomic mass is 9.96. The molecule has 1 saturated heterocycles. The van der Waals surface area contributed by atoms with Crippen LogP contribution < -0.4 is 0 Å². The Morgan fingerprint density at radius 2 is 1.80 bits per heavy atom. The summed E-state index contributed by atoms with van der Waals surface area (Å²) in [5.41, 5.74) is 0.641. The van der Waals surface area contributed by atoms with E-state index in [1.807, 2.05) is 0 Å². The number of nitrogens with zero attached hydrogens (tertiary/aromatic N) is 4. The molecule has 1 aromatic rings. The first-order chi connectivity index (χ1) is 9.75. The summed E-state index contributed by atoms with van der Waals surface area (Å²) in [5, 5.41) is 0. The smallest absolute Gasteiger partial charge is 0.227 e. The summed E-state index contributed by atoms with van der Waals surface area (Å²) >= 11 is 0. The predicted octanol–water partition coefficient (Wildman–Crippen LogP) is 0.783. The van der Waals surface area contributed by atoms with E-state index in [-0.39, 0.29) is 29.4 Å². The van der Waals surface area contributed by atoms with Gasteiger partial charge in [-0.25, -0.2) is 9.97 Å². The average molecular weight is 272 g/mol. The summed E-state index contributed by atoms with van der Waals surface area (Å²) < 4.78 is 0. The van der Waals surface area contributed by atoms with Crippen LogP contribution in [0.25, 0.3) is 0 Å². The fourth-order valence-electron chi connectivity index (χ4n) is 2.62. The highest BCUT2D eigenvalue weighted by atomic mass is 16.1. The van der Waals surface area contributed by atoms with Crippen molar-refractivity contribution < 1.29 is 9.59 Å². The van der Waals surface area contributed by atoms with Gasteiger partial charge in [0.05, 0.1) is 18.7 Å². The Labute approximate surface area is 116 Å². The van der Waals surface area contributed by atoms with Gasteiger partial charge in [0, 0.05) is 18.9 Å². The molecule has 0 spiro atoms. The molecule has 3 rings (SSSR count). The summed E-state index contributed by atoms with van der Waals surface area (Å²) in [4.78, 5) is 38.6. The van der Waals surface area contributed by atoms with Crippen molar-refractivity contribution in [1.82, 2.24) is 14.9 Å². The molecule has 0 radical (unpaired) electrons. The van der Waals surface area contributed by atoms with Crippen LogP contribution in [-0.2, 0) is 0 Å². The lowest BCUT2D eigenvalue weighted by molar-refractivity contribution is 0.0957. The molecule has 0 saturated carbocycles. The molecule has 0 bridgehead atoms. The maximum Gasteiger partial charge on any atom is 0.227 e. The van der Waals surface area contributed by atoms with Crippen LogP contribution in [0.1, 0.15) is 40.2 Å². The second-order valence-electron chi connectivity index (χ2n) is 5.06. The molecule has 1 aromatic heterocycles. The molecule has 1 fully saturated rings. The van der Waals surface area contributed by atoms with E-state index in [2.05, 4.69) is 19.9 Å². The van der Waals surface area contributed by atoms with Crippen LogP contribution in [0.4, 0.5) is 0 Å². The van der Waals surface area contributed by atoms with Crippen molar-refractivity contribution in [3.05, 3.63) is 23.8 Å². The highest BCUT2D eigenvalue weighted by Crippen LogP contribution is 2.15. The monoisotopic (exact) mass is 272 g/mol. The van der Waals surface area contributed by atoms with Crippen LogP contribution in [0.5, 0.6) is 0 Å². The van der Waals surface area contributed by atoms with Crippen LogP contribution in [0, 0.1) is 0 Å². The number of hydrogen-bond acceptors (Lipinski definition) is 6. The van der Waals surface area contributed by atoms with E-state index in [4.69, 9.17) is 0 Å². The van der Waals surface area contributed by atoms with Crippen LogP contribution in [0.2, 0.25) is 0 Å². The first-order valence-corrected chi connectivity index (χ1v) is 6.90. The van der Waals surface area contributed by atoms with Gasteiger partial charge in [-0.05, 0) is 25.9 Å². The number of aromatic nitrogens is 2. The van der Waals surface area contributed by atoms with Crippen LogP contribution in [-0.4, -0.2) is 58.3 Å². The standard InChI is InChI=1S/C14H16N4O2/c19-11-9-10(15-5-8-18-6-1-2-7-18)14(20)13-12(11)16-3-4-17-13/h3-4H,1-2,5-9H2. The summed E-state index contributed by atoms with van der Waals surface area (Å²) in [5.74, 6) is -0.429. The van der Waals surface area contributed by atoms with Gasteiger partial charge in [-0.15, -0.1) is 0 Å². The number of hydrogen-bond donors (Lipinski definition) is 0. The molecule has 6 nitrogen and oxygen atoms in total. The lowest BCUT2D eigenvalue weighted by Gasteiger charge is -2.15. The molecule has 0 N–H and O–H groups in total. The number of rotatable bonds is 3. The Hall–Kier alpha value is -1.95. The third-order valence-corrected chi connectivity index (χ3v) is 3.69. The molecule has 6 heteroatoms. The molecular weight excluding hydrogens is 256 g/mol. The van der Waals surface area contributed by atoms with Crippen molar-refractivity contribution in [2.75, 3.05) is 26.2 Å². The Balaban J connectivity index is 1.72. The van der Waals surface area contributed by atoms with Gasteiger partial charge in [0.25, 0.3) is 0 Å². The molecule has 1 aliphatic carbocycles. The predicted molar refractivity (Wildman–Crippen MR) is 73.3 cm³/mol. The second kappa shape index (κ2) is 5.58. The number of ketones is 2. The van der Waals surface area contributed by atoms with E-state index in [1.54, 1.807) is 0 Å². The highest BCUT2D eigenvalue weighted by molar-refractivity contribution is 6.52. The zero-order valence-corrected chi connectivity index (χ0v) is 11.2. The van der Waals surface area contributed by atoms with Gasteiger partial charge in [0.2, 0.25) is 5.78 Å². The van der Waals surface area contributed by atoms with Gasteiger partial charge >= 0.3 is 0 Å². The third kappa shape index (κ3) is 2.51. The number of aliphatic imine (C=N–C) groups is 1. The molecule has 0 amide bonds. The molecule has 2 heterocycles. The Bertz CT molecular complexity index is 576. The number of fused-ring (bicyclic) bond motifs is 1. The van der Waals surface area contributed by atoms with Crippen LogP contribution in [0.15, 0.2) is 17.4 Å². The summed E-state index contributed by atoms with van der Waals surface area (Å²) in [7, 11) is 0. The van der Waals surface area contributed by atoms with E-state index < -0.39 is 0 Å². The van der Waals surface area contributed by atoms with Gasteiger partial charge in [0.15, 0.2) is 5.78 Å². The van der Waals surface area contributed by atoms with Crippen molar-refractivity contribution in [3.8, 4) is 0 Å². The maximum absolute atomic E-state index is 12.2. The Kier molecular flexibility index (Phi) is 3.64. The first-order valence-electron chi connectivity index (χ1n) is 6.90. The summed E-state index contributed by atoms with van der Waals surface area (Å²) in [6.45, 7) is 3.61. The Morgan fingerprint density at radius 3 is 2.55 bits per heavy atom. The van der Waals surface area contributed by atoms with Gasteiger partial charge in [-0.3, -0.25) is 14.6 Å². The van der Waals surface area contributed by atoms with Crippen molar-refractivity contribution in [3.63, 3.8) is 0 Å². The number of Topliss-reactive ketones (excluding diaryl/α,β-unsaturated/α-hetero) is 2. The quantitative estimate of drug-likeness (QED) is 0.813. The third-order valence-electron chi connectivity index (χ3n) is 3.69. The minimum Gasteiger partial charge on any atom is -0.301 e. The fraction of sp³-hybridized carbons (Fsp3) is 0.500. The molecular formula is C14H16N4O2. The van der Waals surface area contributed by atoms with Crippen LogP contribution >= 0.6 is 0 Å². The lowest BCUT2D eigenvalue weighted by Crippen LogP contribution is -2.30. The topological polar surface area (TPSA) is 75.5 Å². The van der Waals surface area contributed by atoms with Gasteiger partial charge in [-0.1, -0.05) is 0 Å². The minimum absolute atomic E-state index is 0.0462. The number of carbonyl (C=O) groups is 2. The largest absolute Gasteiger partial charge is 0.301 e. The van der Waals surface area contributed by atoms with Crippen molar-refractivity contribution >= 4 is 17.3 Å². The normalized spacial score (nSPS) is 21.5. The summed E-state index contributed by atoms with van der Waals surface area (Å²) in [6, 6.07) is 0. The highest BCUT2D eigenvalue weighted by Gasteiger charge is 2.31. The minimum atomic E-state index is -0.255. The number of likely N-dealkylation sites (tertiary alicyclic amines) is 1. The molecule has 0 unspecified atom stereocenters. The van der Waals surface area contributed by atoms with E-state index in [0.29, 0.717) is 12.3 Å². The van der Waals surface area contributed by atoms with E-state index >= 15 is 0 Å². The zero-order valence-electron chi connectivity index (χ0n) is 11.2. The Morgan fingerprint density at radius 1 is 1.10 bits per heavy atom. The second-order valence-corrected chi connectivity index (χ2v) is 5.06. The van der Waals surface area contributed by atoms with Crippen molar-refractivity contribution in [2.24, 2.45) is 4.99 Å². The van der Waals surface area contributed by atoms with Gasteiger partial charge in [-0.2, -0.15) is 0 Å². The average Bonchev–Trinajstić information content (AvgIpc) is 2.97. The van der Waals surface area contributed by atoms with E-state index in [0.717, 1.165) is 19.6 Å². The van der Waals surface area contributed by atoms with Crippen LogP contribution in [0.3, 0.4) is 0 Å².